The van der Waals surface area contributed by atoms with Gasteiger partial charge in [0, 0.05) is 6.42 Å². The summed E-state index contributed by atoms with van der Waals surface area (Å²) < 4.78 is 23.7. The standard InChI is InChI=1S/C20H34O7Si/c1-18(2,3)28(5,6)27-15-8-7-13(21)16-19(25-11-12-26-19)10-9-14(22)20(15,16)17(23)24-4/h7-8,13-16,21-22H,9-12H2,1-6H3/t13-,14+,15-,16+,20-/m1/s1. The maximum atomic E-state index is 13.3. The summed E-state index contributed by atoms with van der Waals surface area (Å²) >= 11 is 0. The van der Waals surface area contributed by atoms with Gasteiger partial charge in [-0.3, -0.25) is 4.79 Å². The van der Waals surface area contributed by atoms with Crippen LogP contribution in [0.5, 0.6) is 0 Å². The van der Waals surface area contributed by atoms with Crippen molar-refractivity contribution in [2.24, 2.45) is 11.3 Å². The quantitative estimate of drug-likeness (QED) is 0.414. The molecule has 1 aliphatic heterocycles. The van der Waals surface area contributed by atoms with Crippen LogP contribution in [0.3, 0.4) is 0 Å². The lowest BCUT2D eigenvalue weighted by Gasteiger charge is -2.58. The highest BCUT2D eigenvalue weighted by Gasteiger charge is 2.71. The minimum Gasteiger partial charge on any atom is -0.468 e. The Morgan fingerprint density at radius 2 is 1.79 bits per heavy atom. The van der Waals surface area contributed by atoms with E-state index in [1.807, 2.05) is 0 Å². The first-order chi connectivity index (χ1) is 12.9. The van der Waals surface area contributed by atoms with Gasteiger partial charge in [0.1, 0.15) is 5.41 Å². The summed E-state index contributed by atoms with van der Waals surface area (Å²) in [5.74, 6) is -2.55. The highest BCUT2D eigenvalue weighted by atomic mass is 28.4. The Hall–Kier alpha value is -0.773. The van der Waals surface area contributed by atoms with E-state index in [2.05, 4.69) is 33.9 Å². The Kier molecular flexibility index (Phi) is 5.62. The van der Waals surface area contributed by atoms with E-state index in [4.69, 9.17) is 18.6 Å². The van der Waals surface area contributed by atoms with Crippen LogP contribution >= 0.6 is 0 Å². The largest absolute Gasteiger partial charge is 0.468 e. The second-order valence-corrected chi connectivity index (χ2v) is 14.4. The summed E-state index contributed by atoms with van der Waals surface area (Å²) in [6, 6.07) is 0. The molecule has 5 atom stereocenters. The van der Waals surface area contributed by atoms with E-state index >= 15 is 0 Å². The Morgan fingerprint density at radius 1 is 1.18 bits per heavy atom. The van der Waals surface area contributed by atoms with E-state index in [1.54, 1.807) is 12.2 Å². The molecule has 2 fully saturated rings. The summed E-state index contributed by atoms with van der Waals surface area (Å²) in [7, 11) is -1.01. The van der Waals surface area contributed by atoms with E-state index in [1.165, 1.54) is 7.11 Å². The summed E-state index contributed by atoms with van der Waals surface area (Å²) in [6.07, 6.45) is 1.22. The van der Waals surface area contributed by atoms with Gasteiger partial charge in [-0.2, -0.15) is 0 Å². The van der Waals surface area contributed by atoms with E-state index in [0.29, 0.717) is 26.1 Å². The minimum absolute atomic E-state index is 0.0959. The highest BCUT2D eigenvalue weighted by molar-refractivity contribution is 6.74. The first kappa shape index (κ1) is 21.9. The predicted octanol–water partition coefficient (Wildman–Crippen LogP) is 1.98. The van der Waals surface area contributed by atoms with Gasteiger partial charge in [0.2, 0.25) is 0 Å². The zero-order valence-electron chi connectivity index (χ0n) is 17.7. The average Bonchev–Trinajstić information content (AvgIpc) is 3.07. The first-order valence-electron chi connectivity index (χ1n) is 10.0. The lowest BCUT2D eigenvalue weighted by Crippen LogP contribution is -2.71. The van der Waals surface area contributed by atoms with Gasteiger partial charge in [-0.25, -0.2) is 0 Å². The molecule has 0 aromatic carbocycles. The number of hydrogen-bond donors (Lipinski definition) is 2. The smallest absolute Gasteiger partial charge is 0.318 e. The van der Waals surface area contributed by atoms with Gasteiger partial charge >= 0.3 is 5.97 Å². The monoisotopic (exact) mass is 414 g/mol. The van der Waals surface area contributed by atoms with Gasteiger partial charge in [0.25, 0.3) is 0 Å². The number of carbonyl (C=O) groups is 1. The minimum atomic E-state index is -2.31. The van der Waals surface area contributed by atoms with Gasteiger partial charge < -0.3 is 28.8 Å². The molecule has 1 heterocycles. The third-order valence-electron chi connectivity index (χ3n) is 7.14. The van der Waals surface area contributed by atoms with Crippen LogP contribution < -0.4 is 0 Å². The van der Waals surface area contributed by atoms with Crippen molar-refractivity contribution in [1.82, 2.24) is 0 Å². The molecule has 3 rings (SSSR count). The predicted molar refractivity (Wildman–Crippen MR) is 105 cm³/mol. The Morgan fingerprint density at radius 3 is 2.32 bits per heavy atom. The van der Waals surface area contributed by atoms with Crippen LogP contribution in [0.15, 0.2) is 12.2 Å². The number of carbonyl (C=O) groups excluding carboxylic acids is 1. The number of fused-ring (bicyclic) bond motifs is 2. The van der Waals surface area contributed by atoms with Crippen molar-refractivity contribution >= 4 is 14.3 Å². The fourth-order valence-corrected chi connectivity index (χ4v) is 5.94. The molecule has 28 heavy (non-hydrogen) atoms. The van der Waals surface area contributed by atoms with Crippen molar-refractivity contribution in [3.8, 4) is 0 Å². The van der Waals surface area contributed by atoms with Crippen molar-refractivity contribution < 1.29 is 33.6 Å². The van der Waals surface area contributed by atoms with Crippen molar-refractivity contribution in [2.45, 2.75) is 75.8 Å². The molecule has 2 aliphatic carbocycles. The van der Waals surface area contributed by atoms with Crippen LogP contribution in [0.1, 0.15) is 33.6 Å². The van der Waals surface area contributed by atoms with Crippen molar-refractivity contribution in [1.29, 1.82) is 0 Å². The van der Waals surface area contributed by atoms with Crippen molar-refractivity contribution in [3.63, 3.8) is 0 Å². The van der Waals surface area contributed by atoms with Crippen LogP contribution in [0.25, 0.3) is 0 Å². The highest BCUT2D eigenvalue weighted by Crippen LogP contribution is 2.58. The SMILES string of the molecule is COC(=O)[C@@]12[C@@H](O)CCC3(OCCO3)[C@@H]1[C@H](O)C=C[C@H]2O[Si](C)(C)C(C)(C)C. The molecule has 0 amide bonds. The second kappa shape index (κ2) is 7.18. The summed E-state index contributed by atoms with van der Waals surface area (Å²) in [5, 5.41) is 22.0. The van der Waals surface area contributed by atoms with Crippen molar-refractivity contribution in [3.05, 3.63) is 12.2 Å². The summed E-state index contributed by atoms with van der Waals surface area (Å²) in [6.45, 7) is 11.3. The number of rotatable bonds is 3. The topological polar surface area (TPSA) is 94.5 Å². The molecule has 0 bridgehead atoms. The number of ether oxygens (including phenoxy) is 3. The molecule has 0 aromatic heterocycles. The third kappa shape index (κ3) is 3.09. The zero-order valence-corrected chi connectivity index (χ0v) is 18.7. The van der Waals surface area contributed by atoms with E-state index in [-0.39, 0.29) is 5.04 Å². The molecule has 1 saturated heterocycles. The maximum Gasteiger partial charge on any atom is 0.318 e. The number of esters is 1. The Balaban J connectivity index is 2.15. The maximum absolute atomic E-state index is 13.3. The molecular formula is C20H34O7Si. The lowest BCUT2D eigenvalue weighted by molar-refractivity contribution is -0.295. The summed E-state index contributed by atoms with van der Waals surface area (Å²) in [5.41, 5.74) is -1.50. The number of methoxy groups -OCH3 is 1. The average molecular weight is 415 g/mol. The van der Waals surface area contributed by atoms with Gasteiger partial charge in [0.05, 0.1) is 44.6 Å². The third-order valence-corrected chi connectivity index (χ3v) is 11.6. The van der Waals surface area contributed by atoms with E-state index < -0.39 is 49.7 Å². The molecule has 0 radical (unpaired) electrons. The second-order valence-electron chi connectivity index (χ2n) is 9.64. The fourth-order valence-electron chi connectivity index (χ4n) is 4.68. The fraction of sp³-hybridized carbons (Fsp3) is 0.850. The van der Waals surface area contributed by atoms with Crippen LogP contribution in [0.4, 0.5) is 0 Å². The van der Waals surface area contributed by atoms with E-state index in [0.717, 1.165) is 0 Å². The molecule has 160 valence electrons. The molecular weight excluding hydrogens is 380 g/mol. The summed E-state index contributed by atoms with van der Waals surface area (Å²) in [4.78, 5) is 13.3. The van der Waals surface area contributed by atoms with Gasteiger partial charge in [0.15, 0.2) is 14.1 Å². The van der Waals surface area contributed by atoms with Crippen LogP contribution in [-0.2, 0) is 23.4 Å². The van der Waals surface area contributed by atoms with Crippen LogP contribution in [0, 0.1) is 11.3 Å². The number of hydrogen-bond acceptors (Lipinski definition) is 7. The normalized spacial score (nSPS) is 37.7. The Bertz CT molecular complexity index is 635. The zero-order chi connectivity index (χ0) is 21.0. The van der Waals surface area contributed by atoms with Gasteiger partial charge in [-0.05, 0) is 24.6 Å². The van der Waals surface area contributed by atoms with Crippen LogP contribution in [0.2, 0.25) is 18.1 Å². The molecule has 3 aliphatic rings. The van der Waals surface area contributed by atoms with Crippen molar-refractivity contribution in [2.75, 3.05) is 20.3 Å². The van der Waals surface area contributed by atoms with E-state index in [9.17, 15) is 15.0 Å². The lowest BCUT2D eigenvalue weighted by atomic mass is 9.55. The molecule has 8 heteroatoms. The van der Waals surface area contributed by atoms with Gasteiger partial charge in [-0.15, -0.1) is 0 Å². The molecule has 1 saturated carbocycles. The number of aliphatic hydroxyl groups is 2. The molecule has 1 spiro atoms. The van der Waals surface area contributed by atoms with Crippen LogP contribution in [-0.4, -0.2) is 68.9 Å². The molecule has 0 unspecified atom stereocenters. The number of aliphatic hydroxyl groups excluding tert-OH is 2. The molecule has 0 aromatic rings. The Labute approximate surface area is 168 Å². The molecule has 2 N–H and O–H groups in total. The molecule has 7 nitrogen and oxygen atoms in total. The first-order valence-corrected chi connectivity index (χ1v) is 12.9. The van der Waals surface area contributed by atoms with Gasteiger partial charge in [-0.1, -0.05) is 32.9 Å².